The van der Waals surface area contributed by atoms with Gasteiger partial charge in [-0.05, 0) is 44.2 Å². The number of carboxylic acid groups (broad SMARTS) is 1. The van der Waals surface area contributed by atoms with Crippen LogP contribution in [0.25, 0.3) is 0 Å². The standard InChI is InChI=1S/C16H19N3O2S/c1-10-3-4-13(9-17-10)12-5-7-19(8-6-12)16-18-14(15(20)21)11(2)22-16/h3-4,9,12H,5-8H2,1-2H3,(H,20,21). The average Bonchev–Trinajstić information content (AvgIpc) is 2.90. The lowest BCUT2D eigenvalue weighted by Gasteiger charge is -2.31. The van der Waals surface area contributed by atoms with Gasteiger partial charge in [0, 0.05) is 29.9 Å². The molecule has 0 saturated carbocycles. The van der Waals surface area contributed by atoms with Crippen LogP contribution in [-0.4, -0.2) is 34.1 Å². The van der Waals surface area contributed by atoms with Crippen LogP contribution in [-0.2, 0) is 0 Å². The smallest absolute Gasteiger partial charge is 0.355 e. The molecule has 0 spiro atoms. The summed E-state index contributed by atoms with van der Waals surface area (Å²) in [4.78, 5) is 22.7. The van der Waals surface area contributed by atoms with Crippen LogP contribution in [0.3, 0.4) is 0 Å². The van der Waals surface area contributed by atoms with Crippen molar-refractivity contribution in [2.75, 3.05) is 18.0 Å². The minimum atomic E-state index is -0.944. The van der Waals surface area contributed by atoms with Crippen molar-refractivity contribution in [2.24, 2.45) is 0 Å². The third-order valence-corrected chi connectivity index (χ3v) is 5.19. The molecule has 3 rings (SSSR count). The Morgan fingerprint density at radius 2 is 2.05 bits per heavy atom. The maximum Gasteiger partial charge on any atom is 0.355 e. The van der Waals surface area contributed by atoms with Crippen LogP contribution in [0, 0.1) is 13.8 Å². The molecule has 5 nitrogen and oxygen atoms in total. The van der Waals surface area contributed by atoms with Gasteiger partial charge in [-0.3, -0.25) is 4.98 Å². The number of carbonyl (C=O) groups is 1. The molecule has 0 unspecified atom stereocenters. The minimum Gasteiger partial charge on any atom is -0.476 e. The van der Waals surface area contributed by atoms with Crippen LogP contribution >= 0.6 is 11.3 Å². The Bertz CT molecular complexity index is 673. The van der Waals surface area contributed by atoms with Crippen molar-refractivity contribution in [3.05, 3.63) is 40.2 Å². The zero-order chi connectivity index (χ0) is 15.7. The first-order chi connectivity index (χ1) is 10.5. The summed E-state index contributed by atoms with van der Waals surface area (Å²) < 4.78 is 0. The number of hydrogen-bond donors (Lipinski definition) is 1. The van der Waals surface area contributed by atoms with Crippen molar-refractivity contribution >= 4 is 22.4 Å². The van der Waals surface area contributed by atoms with E-state index in [1.165, 1.54) is 16.9 Å². The number of nitrogens with zero attached hydrogens (tertiary/aromatic N) is 3. The van der Waals surface area contributed by atoms with E-state index in [9.17, 15) is 4.79 Å². The van der Waals surface area contributed by atoms with Crippen molar-refractivity contribution in [1.82, 2.24) is 9.97 Å². The number of carboxylic acids is 1. The maximum absolute atomic E-state index is 11.1. The highest BCUT2D eigenvalue weighted by Gasteiger charge is 2.24. The predicted octanol–water partition coefficient (Wildman–Crippen LogP) is 3.24. The van der Waals surface area contributed by atoms with Crippen molar-refractivity contribution in [2.45, 2.75) is 32.6 Å². The molecule has 3 heterocycles. The summed E-state index contributed by atoms with van der Waals surface area (Å²) in [6.45, 7) is 5.63. The van der Waals surface area contributed by atoms with Gasteiger partial charge in [0.05, 0.1) is 0 Å². The zero-order valence-electron chi connectivity index (χ0n) is 12.7. The minimum absolute atomic E-state index is 0.185. The highest BCUT2D eigenvalue weighted by Crippen LogP contribution is 2.33. The van der Waals surface area contributed by atoms with Crippen LogP contribution in [0.15, 0.2) is 18.3 Å². The van der Waals surface area contributed by atoms with Gasteiger partial charge >= 0.3 is 5.97 Å². The van der Waals surface area contributed by atoms with Crippen LogP contribution in [0.4, 0.5) is 5.13 Å². The Kier molecular flexibility index (Phi) is 4.11. The molecule has 0 radical (unpaired) electrons. The Labute approximate surface area is 133 Å². The van der Waals surface area contributed by atoms with E-state index in [0.29, 0.717) is 5.92 Å². The summed E-state index contributed by atoms with van der Waals surface area (Å²) in [6, 6.07) is 4.23. The number of anilines is 1. The molecule has 0 bridgehead atoms. The summed E-state index contributed by atoms with van der Waals surface area (Å²) in [5, 5.41) is 9.94. The molecular formula is C16H19N3O2S. The van der Waals surface area contributed by atoms with Gasteiger partial charge in [-0.25, -0.2) is 9.78 Å². The molecular weight excluding hydrogens is 298 g/mol. The van der Waals surface area contributed by atoms with E-state index in [0.717, 1.165) is 41.6 Å². The summed E-state index contributed by atoms with van der Waals surface area (Å²) >= 11 is 1.47. The molecule has 0 atom stereocenters. The number of piperidine rings is 1. The lowest BCUT2D eigenvalue weighted by Crippen LogP contribution is -2.32. The topological polar surface area (TPSA) is 66.3 Å². The first kappa shape index (κ1) is 15.0. The van der Waals surface area contributed by atoms with Crippen LogP contribution in [0.5, 0.6) is 0 Å². The fourth-order valence-electron chi connectivity index (χ4n) is 2.84. The molecule has 2 aromatic heterocycles. The van der Waals surface area contributed by atoms with Gasteiger partial charge in [0.2, 0.25) is 0 Å². The molecule has 22 heavy (non-hydrogen) atoms. The second-order valence-electron chi connectivity index (χ2n) is 5.70. The van der Waals surface area contributed by atoms with Gasteiger partial charge in [-0.2, -0.15) is 0 Å². The van der Waals surface area contributed by atoms with E-state index in [4.69, 9.17) is 5.11 Å². The summed E-state index contributed by atoms with van der Waals surface area (Å²) in [6.07, 6.45) is 4.07. The van der Waals surface area contributed by atoms with Crippen LogP contribution in [0.1, 0.15) is 45.4 Å². The van der Waals surface area contributed by atoms with E-state index in [1.54, 1.807) is 0 Å². The summed E-state index contributed by atoms with van der Waals surface area (Å²) in [5.41, 5.74) is 2.53. The number of hydrogen-bond acceptors (Lipinski definition) is 5. The number of thiazole rings is 1. The number of aryl methyl sites for hydroxylation is 2. The van der Waals surface area contributed by atoms with Crippen molar-refractivity contribution in [3.8, 4) is 0 Å². The summed E-state index contributed by atoms with van der Waals surface area (Å²) in [5.74, 6) is -0.412. The predicted molar refractivity (Wildman–Crippen MR) is 87.0 cm³/mol. The van der Waals surface area contributed by atoms with Crippen LogP contribution in [0.2, 0.25) is 0 Å². The fourth-order valence-corrected chi connectivity index (χ4v) is 3.79. The molecule has 1 fully saturated rings. The monoisotopic (exact) mass is 317 g/mol. The van der Waals surface area contributed by atoms with E-state index in [1.807, 2.05) is 20.0 Å². The number of rotatable bonds is 3. The van der Waals surface area contributed by atoms with Crippen LogP contribution < -0.4 is 4.90 Å². The van der Waals surface area contributed by atoms with Crippen molar-refractivity contribution in [3.63, 3.8) is 0 Å². The second-order valence-corrected chi connectivity index (χ2v) is 6.88. The number of aromatic nitrogens is 2. The van der Waals surface area contributed by atoms with Gasteiger partial charge in [0.25, 0.3) is 0 Å². The highest BCUT2D eigenvalue weighted by atomic mass is 32.1. The lowest BCUT2D eigenvalue weighted by atomic mass is 9.90. The third kappa shape index (κ3) is 2.97. The first-order valence-electron chi connectivity index (χ1n) is 7.43. The largest absolute Gasteiger partial charge is 0.476 e. The van der Waals surface area contributed by atoms with Crippen molar-refractivity contribution in [1.29, 1.82) is 0 Å². The molecule has 1 N–H and O–H groups in total. The molecule has 116 valence electrons. The Hall–Kier alpha value is -1.95. The molecule has 0 aromatic carbocycles. The molecule has 0 amide bonds. The van der Waals surface area contributed by atoms with E-state index in [-0.39, 0.29) is 5.69 Å². The van der Waals surface area contributed by atoms with Gasteiger partial charge in [-0.1, -0.05) is 6.07 Å². The van der Waals surface area contributed by atoms with Gasteiger partial charge in [0.15, 0.2) is 10.8 Å². The third-order valence-electron chi connectivity index (χ3n) is 4.16. The molecule has 0 aliphatic carbocycles. The molecule has 1 aliphatic heterocycles. The molecule has 1 aliphatic rings. The van der Waals surface area contributed by atoms with E-state index >= 15 is 0 Å². The number of pyridine rings is 1. The maximum atomic E-state index is 11.1. The Balaban J connectivity index is 1.67. The van der Waals surface area contributed by atoms with Gasteiger partial charge in [-0.15, -0.1) is 11.3 Å². The first-order valence-corrected chi connectivity index (χ1v) is 8.24. The second kappa shape index (κ2) is 6.04. The van der Waals surface area contributed by atoms with Crippen molar-refractivity contribution < 1.29 is 9.90 Å². The fraction of sp³-hybridized carbons (Fsp3) is 0.438. The SMILES string of the molecule is Cc1ccc(C2CCN(c3nc(C(=O)O)c(C)s3)CC2)cn1. The zero-order valence-corrected chi connectivity index (χ0v) is 13.6. The Morgan fingerprint density at radius 1 is 1.32 bits per heavy atom. The number of aromatic carboxylic acids is 1. The average molecular weight is 317 g/mol. The molecule has 1 saturated heterocycles. The normalized spacial score (nSPS) is 16.0. The highest BCUT2D eigenvalue weighted by molar-refractivity contribution is 7.15. The van der Waals surface area contributed by atoms with Gasteiger partial charge in [0.1, 0.15) is 0 Å². The molecule has 2 aromatic rings. The molecule has 6 heteroatoms. The van der Waals surface area contributed by atoms with E-state index < -0.39 is 5.97 Å². The van der Waals surface area contributed by atoms with E-state index in [2.05, 4.69) is 27.0 Å². The van der Waals surface area contributed by atoms with Gasteiger partial charge < -0.3 is 10.0 Å². The lowest BCUT2D eigenvalue weighted by molar-refractivity contribution is 0.0690. The quantitative estimate of drug-likeness (QED) is 0.941. The Morgan fingerprint density at radius 3 is 2.59 bits per heavy atom. The summed E-state index contributed by atoms with van der Waals surface area (Å²) in [7, 11) is 0.